The van der Waals surface area contributed by atoms with Gasteiger partial charge in [-0.3, -0.25) is 4.98 Å². The first kappa shape index (κ1) is 16.2. The van der Waals surface area contributed by atoms with Gasteiger partial charge in [0.25, 0.3) is 0 Å². The highest BCUT2D eigenvalue weighted by molar-refractivity contribution is 7.15. The lowest BCUT2D eigenvalue weighted by atomic mass is 10.2. The Morgan fingerprint density at radius 2 is 2.00 bits per heavy atom. The Morgan fingerprint density at radius 1 is 1.16 bits per heavy atom. The smallest absolute Gasteiger partial charge is 0.211 e. The van der Waals surface area contributed by atoms with Crippen LogP contribution in [0.15, 0.2) is 24.4 Å². The van der Waals surface area contributed by atoms with Crippen LogP contribution in [0.25, 0.3) is 11.0 Å². The van der Waals surface area contributed by atoms with Crippen LogP contribution in [-0.4, -0.2) is 46.5 Å². The summed E-state index contributed by atoms with van der Waals surface area (Å²) in [5.41, 5.74) is 2.87. The maximum Gasteiger partial charge on any atom is 0.211 e. The van der Waals surface area contributed by atoms with Crippen LogP contribution in [0.3, 0.4) is 0 Å². The van der Waals surface area contributed by atoms with Gasteiger partial charge < -0.3 is 15.0 Å². The van der Waals surface area contributed by atoms with Crippen LogP contribution >= 0.6 is 11.3 Å². The van der Waals surface area contributed by atoms with E-state index in [0.717, 1.165) is 59.0 Å². The fraction of sp³-hybridized carbons (Fsp3) is 0.412. The van der Waals surface area contributed by atoms with Crippen molar-refractivity contribution in [2.75, 3.05) is 36.5 Å². The standard InChI is InChI=1S/C17H20N6OS/c1-11(2)16-21-22-17(25-16)20-14-4-3-12-15(19-14)13(5-6-18-12)23-7-9-24-10-8-23/h3-6,11H,7-10H2,1-2H3,(H,19,20,22). The molecule has 3 aromatic rings. The van der Waals surface area contributed by atoms with Gasteiger partial charge in [0.05, 0.1) is 24.4 Å². The molecule has 0 aliphatic carbocycles. The molecule has 1 aliphatic heterocycles. The average Bonchev–Trinajstić information content (AvgIpc) is 3.11. The predicted octanol–water partition coefficient (Wildman–Crippen LogP) is 3.18. The molecule has 7 nitrogen and oxygen atoms in total. The number of morpholine rings is 1. The second-order valence-electron chi connectivity index (χ2n) is 6.22. The quantitative estimate of drug-likeness (QED) is 0.769. The Kier molecular flexibility index (Phi) is 4.46. The van der Waals surface area contributed by atoms with Crippen molar-refractivity contribution in [2.24, 2.45) is 0 Å². The molecule has 0 spiro atoms. The number of rotatable bonds is 4. The summed E-state index contributed by atoms with van der Waals surface area (Å²) in [5, 5.41) is 13.4. The lowest BCUT2D eigenvalue weighted by Crippen LogP contribution is -2.36. The summed E-state index contributed by atoms with van der Waals surface area (Å²) in [6.07, 6.45) is 1.83. The van der Waals surface area contributed by atoms with Crippen molar-refractivity contribution < 1.29 is 4.74 Å². The highest BCUT2D eigenvalue weighted by Gasteiger charge is 2.16. The number of aromatic nitrogens is 4. The molecule has 1 fully saturated rings. The van der Waals surface area contributed by atoms with E-state index in [2.05, 4.69) is 39.2 Å². The number of fused-ring (bicyclic) bond motifs is 1. The predicted molar refractivity (Wildman–Crippen MR) is 99.9 cm³/mol. The minimum Gasteiger partial charge on any atom is -0.378 e. The van der Waals surface area contributed by atoms with Crippen molar-refractivity contribution in [1.82, 2.24) is 20.2 Å². The van der Waals surface area contributed by atoms with Crippen molar-refractivity contribution in [3.63, 3.8) is 0 Å². The maximum absolute atomic E-state index is 5.45. The van der Waals surface area contributed by atoms with E-state index in [1.807, 2.05) is 24.4 Å². The molecular formula is C17H20N6OS. The molecule has 25 heavy (non-hydrogen) atoms. The van der Waals surface area contributed by atoms with Crippen LogP contribution in [0.4, 0.5) is 16.6 Å². The normalized spacial score (nSPS) is 15.1. The molecule has 0 bridgehead atoms. The molecule has 1 aliphatic rings. The van der Waals surface area contributed by atoms with Gasteiger partial charge in [-0.2, -0.15) is 0 Å². The largest absolute Gasteiger partial charge is 0.378 e. The second-order valence-corrected chi connectivity index (χ2v) is 7.23. The van der Waals surface area contributed by atoms with Gasteiger partial charge in [-0.25, -0.2) is 4.98 Å². The Bertz CT molecular complexity index is 874. The number of nitrogens with one attached hydrogen (secondary N) is 1. The van der Waals surface area contributed by atoms with Crippen LogP contribution in [0.5, 0.6) is 0 Å². The zero-order chi connectivity index (χ0) is 17.2. The Balaban J connectivity index is 1.66. The zero-order valence-corrected chi connectivity index (χ0v) is 15.1. The van der Waals surface area contributed by atoms with Crippen molar-refractivity contribution in [3.8, 4) is 0 Å². The van der Waals surface area contributed by atoms with E-state index in [-0.39, 0.29) is 0 Å². The second kappa shape index (κ2) is 6.89. The van der Waals surface area contributed by atoms with Crippen molar-refractivity contribution in [1.29, 1.82) is 0 Å². The van der Waals surface area contributed by atoms with Gasteiger partial charge in [-0.1, -0.05) is 25.2 Å². The molecule has 1 saturated heterocycles. The number of ether oxygens (including phenoxy) is 1. The van der Waals surface area contributed by atoms with Gasteiger partial charge in [0.1, 0.15) is 16.3 Å². The number of pyridine rings is 2. The van der Waals surface area contributed by atoms with Crippen LogP contribution in [0.1, 0.15) is 24.8 Å². The monoisotopic (exact) mass is 356 g/mol. The third kappa shape index (κ3) is 3.40. The zero-order valence-electron chi connectivity index (χ0n) is 14.3. The lowest BCUT2D eigenvalue weighted by Gasteiger charge is -2.29. The number of hydrogen-bond acceptors (Lipinski definition) is 8. The maximum atomic E-state index is 5.45. The van der Waals surface area contributed by atoms with E-state index in [0.29, 0.717) is 5.92 Å². The van der Waals surface area contributed by atoms with Crippen molar-refractivity contribution in [2.45, 2.75) is 19.8 Å². The van der Waals surface area contributed by atoms with Gasteiger partial charge in [-0.15, -0.1) is 10.2 Å². The lowest BCUT2D eigenvalue weighted by molar-refractivity contribution is 0.123. The Morgan fingerprint density at radius 3 is 2.76 bits per heavy atom. The Hall–Kier alpha value is -2.32. The molecule has 3 aromatic heterocycles. The van der Waals surface area contributed by atoms with Gasteiger partial charge >= 0.3 is 0 Å². The van der Waals surface area contributed by atoms with E-state index >= 15 is 0 Å². The first-order chi connectivity index (χ1) is 12.2. The molecular weight excluding hydrogens is 336 g/mol. The topological polar surface area (TPSA) is 76.1 Å². The fourth-order valence-electron chi connectivity index (χ4n) is 2.77. The third-order valence-electron chi connectivity index (χ3n) is 4.08. The minimum atomic E-state index is 0.370. The van der Waals surface area contributed by atoms with Gasteiger partial charge in [-0.05, 0) is 18.2 Å². The third-order valence-corrected chi connectivity index (χ3v) is 5.22. The number of hydrogen-bond donors (Lipinski definition) is 1. The Labute approximate surface area is 150 Å². The fourth-order valence-corrected chi connectivity index (χ4v) is 3.52. The first-order valence-electron chi connectivity index (χ1n) is 8.39. The van der Waals surface area contributed by atoms with E-state index in [1.165, 1.54) is 0 Å². The SMILES string of the molecule is CC(C)c1nnc(Nc2ccc3nccc(N4CCOCC4)c3n2)s1. The van der Waals surface area contributed by atoms with Crippen molar-refractivity contribution in [3.05, 3.63) is 29.4 Å². The van der Waals surface area contributed by atoms with Gasteiger partial charge in [0.15, 0.2) is 0 Å². The molecule has 0 atom stereocenters. The molecule has 0 radical (unpaired) electrons. The molecule has 0 aromatic carbocycles. The molecule has 1 N–H and O–H groups in total. The molecule has 8 heteroatoms. The van der Waals surface area contributed by atoms with Gasteiger partial charge in [0.2, 0.25) is 5.13 Å². The summed E-state index contributed by atoms with van der Waals surface area (Å²) in [6.45, 7) is 7.44. The molecule has 0 amide bonds. The summed E-state index contributed by atoms with van der Waals surface area (Å²) >= 11 is 1.56. The van der Waals surface area contributed by atoms with Crippen LogP contribution in [0, 0.1) is 0 Å². The minimum absolute atomic E-state index is 0.370. The highest BCUT2D eigenvalue weighted by atomic mass is 32.1. The van der Waals surface area contributed by atoms with E-state index < -0.39 is 0 Å². The van der Waals surface area contributed by atoms with E-state index in [1.54, 1.807) is 11.3 Å². The van der Waals surface area contributed by atoms with E-state index in [9.17, 15) is 0 Å². The molecule has 0 saturated carbocycles. The molecule has 4 rings (SSSR count). The summed E-state index contributed by atoms with van der Waals surface area (Å²) in [5.74, 6) is 1.12. The summed E-state index contributed by atoms with van der Waals surface area (Å²) in [7, 11) is 0. The number of nitrogens with zero attached hydrogens (tertiary/aromatic N) is 5. The molecule has 130 valence electrons. The van der Waals surface area contributed by atoms with Crippen LogP contribution in [-0.2, 0) is 4.74 Å². The molecule has 4 heterocycles. The van der Waals surface area contributed by atoms with Crippen molar-refractivity contribution >= 4 is 39.0 Å². The van der Waals surface area contributed by atoms with Crippen LogP contribution in [0.2, 0.25) is 0 Å². The van der Waals surface area contributed by atoms with Crippen LogP contribution < -0.4 is 10.2 Å². The highest BCUT2D eigenvalue weighted by Crippen LogP contribution is 2.28. The summed E-state index contributed by atoms with van der Waals surface area (Å²) < 4.78 is 5.45. The van der Waals surface area contributed by atoms with E-state index in [4.69, 9.17) is 9.72 Å². The molecule has 0 unspecified atom stereocenters. The first-order valence-corrected chi connectivity index (χ1v) is 9.21. The van der Waals surface area contributed by atoms with Gasteiger partial charge in [0, 0.05) is 25.2 Å². The number of anilines is 3. The summed E-state index contributed by atoms with van der Waals surface area (Å²) in [6, 6.07) is 5.93. The average molecular weight is 356 g/mol. The summed E-state index contributed by atoms with van der Waals surface area (Å²) in [4.78, 5) is 11.5.